The zero-order chi connectivity index (χ0) is 14.5. The first-order chi connectivity index (χ1) is 8.78. The van der Waals surface area contributed by atoms with Crippen LogP contribution >= 0.6 is 15.9 Å². The van der Waals surface area contributed by atoms with Crippen molar-refractivity contribution in [1.29, 1.82) is 0 Å². The molecule has 0 aromatic heterocycles. The van der Waals surface area contributed by atoms with E-state index < -0.39 is 12.6 Å². The fraction of sp³-hybridized carbons (Fsp3) is 0.538. The van der Waals surface area contributed by atoms with Crippen molar-refractivity contribution in [2.75, 3.05) is 20.1 Å². The number of nitrogens with zero attached hydrogens (tertiary/aromatic N) is 1. The molecule has 0 bridgehead atoms. The topological polar surface area (TPSA) is 29.3 Å². The second kappa shape index (κ2) is 7.26. The van der Waals surface area contributed by atoms with Gasteiger partial charge in [-0.05, 0) is 37.7 Å². The highest BCUT2D eigenvalue weighted by Gasteiger charge is 2.27. The highest BCUT2D eigenvalue weighted by molar-refractivity contribution is 9.10. The Hall–Kier alpha value is -0.590. The summed E-state index contributed by atoms with van der Waals surface area (Å²) in [6, 6.07) is 7.50. The molecule has 2 N–H and O–H groups in total. The third-order valence-electron chi connectivity index (χ3n) is 2.90. The summed E-state index contributed by atoms with van der Waals surface area (Å²) >= 11 is 3.34. The van der Waals surface area contributed by atoms with E-state index in [9.17, 15) is 13.2 Å². The predicted octanol–water partition coefficient (Wildman–Crippen LogP) is 3.72. The van der Waals surface area contributed by atoms with Crippen molar-refractivity contribution in [3.05, 3.63) is 34.3 Å². The quantitative estimate of drug-likeness (QED) is 0.856. The molecular formula is C13H18BrF3N2. The first kappa shape index (κ1) is 16.5. The van der Waals surface area contributed by atoms with Gasteiger partial charge in [0.15, 0.2) is 0 Å². The molecule has 0 radical (unpaired) electrons. The normalized spacial score (nSPS) is 13.8. The Bertz CT molecular complexity index is 378. The summed E-state index contributed by atoms with van der Waals surface area (Å²) in [5, 5.41) is 0. The minimum absolute atomic E-state index is 0.0105. The maximum atomic E-state index is 12.1. The van der Waals surface area contributed by atoms with Crippen LogP contribution < -0.4 is 5.73 Å². The molecule has 1 unspecified atom stereocenters. The highest BCUT2D eigenvalue weighted by atomic mass is 79.9. The largest absolute Gasteiger partial charge is 0.390 e. The van der Waals surface area contributed by atoms with Gasteiger partial charge in [0.1, 0.15) is 0 Å². The van der Waals surface area contributed by atoms with Crippen LogP contribution in [0.3, 0.4) is 0 Å². The molecule has 19 heavy (non-hydrogen) atoms. The number of rotatable bonds is 6. The average molecular weight is 339 g/mol. The Balaban J connectivity index is 2.33. The van der Waals surface area contributed by atoms with Gasteiger partial charge >= 0.3 is 6.18 Å². The Morgan fingerprint density at radius 1 is 1.21 bits per heavy atom. The molecule has 6 heteroatoms. The van der Waals surface area contributed by atoms with Crippen molar-refractivity contribution < 1.29 is 13.2 Å². The van der Waals surface area contributed by atoms with Gasteiger partial charge < -0.3 is 10.6 Å². The van der Waals surface area contributed by atoms with Crippen LogP contribution in [0, 0.1) is 0 Å². The van der Waals surface area contributed by atoms with Crippen LogP contribution in [0.4, 0.5) is 13.2 Å². The van der Waals surface area contributed by atoms with Crippen LogP contribution in [0.2, 0.25) is 0 Å². The number of nitrogens with two attached hydrogens (primary N) is 1. The second-order valence-electron chi connectivity index (χ2n) is 4.62. The molecule has 0 saturated heterocycles. The van der Waals surface area contributed by atoms with E-state index in [2.05, 4.69) is 15.9 Å². The predicted molar refractivity (Wildman–Crippen MR) is 73.9 cm³/mol. The fourth-order valence-corrected chi connectivity index (χ4v) is 1.93. The highest BCUT2D eigenvalue weighted by Crippen LogP contribution is 2.20. The second-order valence-corrected chi connectivity index (χ2v) is 5.53. The molecule has 0 amide bonds. The summed E-state index contributed by atoms with van der Waals surface area (Å²) < 4.78 is 37.2. The van der Waals surface area contributed by atoms with Gasteiger partial charge in [0.25, 0.3) is 0 Å². The SMILES string of the molecule is CN(CCC(N)c1ccc(Br)cc1)CCC(F)(F)F. The van der Waals surface area contributed by atoms with Gasteiger partial charge in [-0.25, -0.2) is 0 Å². The number of hydrogen-bond donors (Lipinski definition) is 1. The Labute approximate surface area is 119 Å². The van der Waals surface area contributed by atoms with Gasteiger partial charge in [-0.15, -0.1) is 0 Å². The molecule has 1 aromatic carbocycles. The van der Waals surface area contributed by atoms with Crippen molar-refractivity contribution in [2.24, 2.45) is 5.73 Å². The van der Waals surface area contributed by atoms with Crippen LogP contribution in [0.5, 0.6) is 0 Å². The molecule has 0 heterocycles. The molecule has 1 atom stereocenters. The first-order valence-electron chi connectivity index (χ1n) is 6.04. The van der Waals surface area contributed by atoms with Gasteiger partial charge in [0, 0.05) is 17.1 Å². The summed E-state index contributed by atoms with van der Waals surface area (Å²) in [5.74, 6) is 0. The molecule has 0 aliphatic carbocycles. The van der Waals surface area contributed by atoms with E-state index in [0.29, 0.717) is 13.0 Å². The maximum absolute atomic E-state index is 12.1. The first-order valence-corrected chi connectivity index (χ1v) is 6.83. The van der Waals surface area contributed by atoms with Crippen molar-refractivity contribution >= 4 is 15.9 Å². The van der Waals surface area contributed by atoms with Gasteiger partial charge in [0.2, 0.25) is 0 Å². The maximum Gasteiger partial charge on any atom is 0.390 e. The zero-order valence-electron chi connectivity index (χ0n) is 10.8. The number of halogens is 4. The molecular weight excluding hydrogens is 321 g/mol. The van der Waals surface area contributed by atoms with E-state index in [1.54, 1.807) is 11.9 Å². The van der Waals surface area contributed by atoms with Crippen LogP contribution in [-0.4, -0.2) is 31.2 Å². The summed E-state index contributed by atoms with van der Waals surface area (Å²) in [6.45, 7) is 0.559. The van der Waals surface area contributed by atoms with E-state index in [-0.39, 0.29) is 12.6 Å². The van der Waals surface area contributed by atoms with Gasteiger partial charge in [-0.2, -0.15) is 13.2 Å². The third-order valence-corrected chi connectivity index (χ3v) is 3.43. The lowest BCUT2D eigenvalue weighted by molar-refractivity contribution is -0.137. The molecule has 108 valence electrons. The lowest BCUT2D eigenvalue weighted by Crippen LogP contribution is -2.27. The fourth-order valence-electron chi connectivity index (χ4n) is 1.67. The van der Waals surface area contributed by atoms with Crippen LogP contribution in [0.15, 0.2) is 28.7 Å². The number of benzene rings is 1. The minimum atomic E-state index is -4.10. The number of hydrogen-bond acceptors (Lipinski definition) is 2. The van der Waals surface area contributed by atoms with E-state index in [1.165, 1.54) is 0 Å². The molecule has 1 rings (SSSR count). The summed E-state index contributed by atoms with van der Waals surface area (Å²) in [7, 11) is 1.68. The minimum Gasteiger partial charge on any atom is -0.324 e. The van der Waals surface area contributed by atoms with Crippen LogP contribution in [-0.2, 0) is 0 Å². The summed E-state index contributed by atoms with van der Waals surface area (Å²) in [4.78, 5) is 1.66. The Morgan fingerprint density at radius 3 is 2.32 bits per heavy atom. The molecule has 1 aromatic rings. The molecule has 2 nitrogen and oxygen atoms in total. The Kier molecular flexibility index (Phi) is 6.29. The lowest BCUT2D eigenvalue weighted by atomic mass is 10.0. The molecule has 0 aliphatic rings. The van der Waals surface area contributed by atoms with E-state index in [0.717, 1.165) is 10.0 Å². The lowest BCUT2D eigenvalue weighted by Gasteiger charge is -2.20. The standard InChI is InChI=1S/C13H18BrF3N2/c1-19(9-7-13(15,16)17)8-6-12(18)10-2-4-11(14)5-3-10/h2-5,12H,6-9,18H2,1H3. The van der Waals surface area contributed by atoms with E-state index >= 15 is 0 Å². The smallest absolute Gasteiger partial charge is 0.324 e. The number of alkyl halides is 3. The van der Waals surface area contributed by atoms with Crippen molar-refractivity contribution in [2.45, 2.75) is 25.1 Å². The molecule has 0 saturated carbocycles. The average Bonchev–Trinajstić information content (AvgIpc) is 2.33. The van der Waals surface area contributed by atoms with E-state index in [1.807, 2.05) is 24.3 Å². The van der Waals surface area contributed by atoms with Gasteiger partial charge in [-0.3, -0.25) is 0 Å². The van der Waals surface area contributed by atoms with Gasteiger partial charge in [-0.1, -0.05) is 28.1 Å². The summed E-state index contributed by atoms with van der Waals surface area (Å²) in [5.41, 5.74) is 7.00. The van der Waals surface area contributed by atoms with Crippen molar-refractivity contribution in [3.8, 4) is 0 Å². The van der Waals surface area contributed by atoms with Crippen LogP contribution in [0.25, 0.3) is 0 Å². The molecule has 0 fully saturated rings. The zero-order valence-corrected chi connectivity index (χ0v) is 12.3. The Morgan fingerprint density at radius 2 is 1.79 bits per heavy atom. The van der Waals surface area contributed by atoms with E-state index in [4.69, 9.17) is 5.73 Å². The summed E-state index contributed by atoms with van der Waals surface area (Å²) in [6.07, 6.45) is -4.24. The van der Waals surface area contributed by atoms with Crippen molar-refractivity contribution in [3.63, 3.8) is 0 Å². The third kappa shape index (κ3) is 6.94. The monoisotopic (exact) mass is 338 g/mol. The van der Waals surface area contributed by atoms with Crippen molar-refractivity contribution in [1.82, 2.24) is 4.90 Å². The molecule has 0 aliphatic heterocycles. The molecule has 0 spiro atoms. The van der Waals surface area contributed by atoms with Gasteiger partial charge in [0.05, 0.1) is 6.42 Å². The van der Waals surface area contributed by atoms with Crippen LogP contribution in [0.1, 0.15) is 24.4 Å².